The minimum Gasteiger partial charge on any atom is -0.344 e. The molecule has 1 aromatic carbocycles. The summed E-state index contributed by atoms with van der Waals surface area (Å²) < 4.78 is 5.37. The normalized spacial score (nSPS) is 16.0. The zero-order valence-electron chi connectivity index (χ0n) is 19.0. The molecule has 0 spiro atoms. The molecule has 2 heterocycles. The van der Waals surface area contributed by atoms with Gasteiger partial charge in [-0.25, -0.2) is 0 Å². The number of piperidine rings is 1. The summed E-state index contributed by atoms with van der Waals surface area (Å²) in [6.07, 6.45) is 4.68. The lowest BCUT2D eigenvalue weighted by molar-refractivity contribution is -0.133. The molecule has 1 aliphatic rings. The van der Waals surface area contributed by atoms with Crippen LogP contribution in [-0.4, -0.2) is 39.9 Å². The first kappa shape index (κ1) is 22.7. The second kappa shape index (κ2) is 9.04. The largest absolute Gasteiger partial charge is 0.344 e. The molecule has 7 nitrogen and oxygen atoms in total. The smallest absolute Gasteiger partial charge is 0.246 e. The maximum Gasteiger partial charge on any atom is 0.246 e. The first-order valence-corrected chi connectivity index (χ1v) is 10.7. The van der Waals surface area contributed by atoms with E-state index in [-0.39, 0.29) is 23.1 Å². The minimum absolute atomic E-state index is 0.0236. The number of aromatic nitrogens is 2. The third-order valence-corrected chi connectivity index (χ3v) is 5.46. The van der Waals surface area contributed by atoms with Crippen molar-refractivity contribution in [2.45, 2.75) is 58.4 Å². The van der Waals surface area contributed by atoms with Gasteiger partial charge in [0.2, 0.25) is 17.7 Å². The van der Waals surface area contributed by atoms with E-state index < -0.39 is 5.54 Å². The third kappa shape index (κ3) is 5.81. The van der Waals surface area contributed by atoms with Gasteiger partial charge in [-0.3, -0.25) is 9.59 Å². The van der Waals surface area contributed by atoms with Crippen molar-refractivity contribution >= 4 is 17.9 Å². The van der Waals surface area contributed by atoms with E-state index in [9.17, 15) is 9.59 Å². The Hall–Kier alpha value is -2.96. The van der Waals surface area contributed by atoms with Crippen LogP contribution < -0.4 is 5.32 Å². The number of nitrogens with one attached hydrogen (secondary N) is 1. The van der Waals surface area contributed by atoms with Gasteiger partial charge in [0.05, 0.1) is 5.54 Å². The molecule has 7 heteroatoms. The van der Waals surface area contributed by atoms with Crippen molar-refractivity contribution in [3.8, 4) is 0 Å². The van der Waals surface area contributed by atoms with Crippen molar-refractivity contribution in [3.63, 3.8) is 0 Å². The number of hydrogen-bond donors (Lipinski definition) is 1. The van der Waals surface area contributed by atoms with Crippen molar-refractivity contribution in [3.05, 3.63) is 53.7 Å². The average molecular weight is 425 g/mol. The second-order valence-corrected chi connectivity index (χ2v) is 9.63. The third-order valence-electron chi connectivity index (χ3n) is 5.46. The molecule has 166 valence electrons. The van der Waals surface area contributed by atoms with Crippen molar-refractivity contribution in [1.82, 2.24) is 20.4 Å². The Labute approximate surface area is 183 Å². The molecule has 3 rings (SSSR count). The highest BCUT2D eigenvalue weighted by molar-refractivity contribution is 5.92. The molecule has 1 saturated heterocycles. The molecule has 2 amide bonds. The first-order chi connectivity index (χ1) is 14.6. The monoisotopic (exact) mass is 424 g/mol. The summed E-state index contributed by atoms with van der Waals surface area (Å²) in [6.45, 7) is 10.9. The van der Waals surface area contributed by atoms with Gasteiger partial charge in [0, 0.05) is 30.5 Å². The van der Waals surface area contributed by atoms with Gasteiger partial charge in [0.25, 0.3) is 0 Å². The van der Waals surface area contributed by atoms with E-state index in [1.165, 1.54) is 0 Å². The second-order valence-electron chi connectivity index (χ2n) is 9.63. The van der Waals surface area contributed by atoms with Crippen molar-refractivity contribution in [2.24, 2.45) is 5.92 Å². The Bertz CT molecular complexity index is 933. The number of amides is 2. The number of carbonyl (C=O) groups excluding carboxylic acids is 2. The van der Waals surface area contributed by atoms with E-state index in [0.717, 1.165) is 5.56 Å². The lowest BCUT2D eigenvalue weighted by Gasteiger charge is -2.32. The first-order valence-electron chi connectivity index (χ1n) is 10.7. The molecule has 2 aromatic rings. The van der Waals surface area contributed by atoms with Gasteiger partial charge in [-0.05, 0) is 38.3 Å². The highest BCUT2D eigenvalue weighted by Crippen LogP contribution is 2.25. The molecule has 1 aromatic heterocycles. The van der Waals surface area contributed by atoms with Gasteiger partial charge in [-0.2, -0.15) is 4.98 Å². The molecular formula is C24H32N4O3. The fourth-order valence-electron chi connectivity index (χ4n) is 3.45. The molecule has 1 fully saturated rings. The van der Waals surface area contributed by atoms with Crippen molar-refractivity contribution < 1.29 is 14.1 Å². The quantitative estimate of drug-likeness (QED) is 0.740. The van der Waals surface area contributed by atoms with E-state index in [4.69, 9.17) is 4.52 Å². The zero-order valence-corrected chi connectivity index (χ0v) is 19.0. The highest BCUT2D eigenvalue weighted by atomic mass is 16.5. The summed E-state index contributed by atoms with van der Waals surface area (Å²) in [4.78, 5) is 31.6. The fourth-order valence-corrected chi connectivity index (χ4v) is 3.45. The van der Waals surface area contributed by atoms with Crippen LogP contribution in [0.3, 0.4) is 0 Å². The van der Waals surface area contributed by atoms with Gasteiger partial charge in [0.1, 0.15) is 0 Å². The minimum atomic E-state index is -0.741. The Morgan fingerprint density at radius 2 is 1.74 bits per heavy atom. The van der Waals surface area contributed by atoms with Crippen LogP contribution in [0.4, 0.5) is 0 Å². The van der Waals surface area contributed by atoms with Gasteiger partial charge >= 0.3 is 0 Å². The average Bonchev–Trinajstić information content (AvgIpc) is 3.24. The van der Waals surface area contributed by atoms with Crippen LogP contribution in [0.2, 0.25) is 0 Å². The number of benzene rings is 1. The Kier molecular flexibility index (Phi) is 6.62. The number of nitrogens with zero attached hydrogens (tertiary/aromatic N) is 3. The van der Waals surface area contributed by atoms with E-state index in [1.807, 2.05) is 71.0 Å². The van der Waals surface area contributed by atoms with E-state index in [1.54, 1.807) is 11.0 Å². The predicted octanol–water partition coefficient (Wildman–Crippen LogP) is 3.67. The summed E-state index contributed by atoms with van der Waals surface area (Å²) in [5, 5.41) is 7.13. The van der Waals surface area contributed by atoms with E-state index in [0.29, 0.717) is 37.6 Å². The van der Waals surface area contributed by atoms with Crippen molar-refractivity contribution in [2.75, 3.05) is 13.1 Å². The van der Waals surface area contributed by atoms with Crippen LogP contribution in [0.1, 0.15) is 64.7 Å². The van der Waals surface area contributed by atoms with Gasteiger partial charge < -0.3 is 14.7 Å². The molecule has 31 heavy (non-hydrogen) atoms. The molecule has 0 atom stereocenters. The van der Waals surface area contributed by atoms with Crippen LogP contribution >= 0.6 is 0 Å². The number of rotatable bonds is 5. The Balaban J connectivity index is 1.53. The van der Waals surface area contributed by atoms with E-state index >= 15 is 0 Å². The Morgan fingerprint density at radius 1 is 1.10 bits per heavy atom. The standard InChI is InChI=1S/C24H32N4O3/c1-23(2,3)22-25-21(27-31-22)24(4,5)26-20(30)18-13-15-28(16-14-18)19(29)12-11-17-9-7-6-8-10-17/h6-12,18H,13-16H2,1-5H3,(H,26,30)/b12-11+. The number of carbonyl (C=O) groups is 2. The highest BCUT2D eigenvalue weighted by Gasteiger charge is 2.34. The molecule has 0 unspecified atom stereocenters. The Morgan fingerprint density at radius 3 is 2.32 bits per heavy atom. The van der Waals surface area contributed by atoms with E-state index in [2.05, 4.69) is 15.5 Å². The van der Waals surface area contributed by atoms with Crippen LogP contribution in [-0.2, 0) is 20.5 Å². The van der Waals surface area contributed by atoms with Crippen LogP contribution in [0, 0.1) is 5.92 Å². The molecule has 0 bridgehead atoms. The maximum absolute atomic E-state index is 12.9. The molecule has 0 aliphatic carbocycles. The summed E-state index contributed by atoms with van der Waals surface area (Å²) >= 11 is 0. The summed E-state index contributed by atoms with van der Waals surface area (Å²) in [5.74, 6) is 0.795. The lowest BCUT2D eigenvalue weighted by Crippen LogP contribution is -2.48. The molecule has 0 saturated carbocycles. The molecule has 1 N–H and O–H groups in total. The SMILES string of the molecule is CC(C)(C)c1nc(C(C)(C)NC(=O)C2CCN(C(=O)/C=C/c3ccccc3)CC2)no1. The molecular weight excluding hydrogens is 392 g/mol. The van der Waals surface area contributed by atoms with Gasteiger partial charge in [-0.15, -0.1) is 0 Å². The summed E-state index contributed by atoms with van der Waals surface area (Å²) in [7, 11) is 0. The predicted molar refractivity (Wildman–Crippen MR) is 119 cm³/mol. The van der Waals surface area contributed by atoms with Crippen LogP contribution in [0.5, 0.6) is 0 Å². The van der Waals surface area contributed by atoms with Gasteiger partial charge in [-0.1, -0.05) is 56.3 Å². The molecule has 0 radical (unpaired) electrons. The van der Waals surface area contributed by atoms with Crippen LogP contribution in [0.15, 0.2) is 40.9 Å². The maximum atomic E-state index is 12.9. The lowest BCUT2D eigenvalue weighted by atomic mass is 9.93. The fraction of sp³-hybridized carbons (Fsp3) is 0.500. The van der Waals surface area contributed by atoms with Crippen molar-refractivity contribution in [1.29, 1.82) is 0 Å². The van der Waals surface area contributed by atoms with Gasteiger partial charge in [0.15, 0.2) is 5.82 Å². The number of hydrogen-bond acceptors (Lipinski definition) is 5. The summed E-state index contributed by atoms with van der Waals surface area (Å²) in [5.41, 5.74) is -0.00167. The topological polar surface area (TPSA) is 88.3 Å². The zero-order chi connectivity index (χ0) is 22.6. The summed E-state index contributed by atoms with van der Waals surface area (Å²) in [6, 6.07) is 9.73. The number of likely N-dealkylation sites (tertiary alicyclic amines) is 1. The van der Waals surface area contributed by atoms with Crippen LogP contribution in [0.25, 0.3) is 6.08 Å². The molecule has 1 aliphatic heterocycles.